The number of phenolic OH excluding ortho intramolecular Hbond substituents is 1. The van der Waals surface area contributed by atoms with Crippen molar-refractivity contribution >= 4 is 21.7 Å². The number of halogens is 1. The largest absolute Gasteiger partial charge is 0.507 e. The van der Waals surface area contributed by atoms with Crippen molar-refractivity contribution < 1.29 is 9.90 Å². The Morgan fingerprint density at radius 1 is 1.64 bits per heavy atom. The molecule has 14 heavy (non-hydrogen) atoms. The molecule has 1 aromatic carbocycles. The summed E-state index contributed by atoms with van der Waals surface area (Å²) in [7, 11) is 0. The van der Waals surface area contributed by atoms with Crippen LogP contribution >= 0.6 is 15.9 Å². The van der Waals surface area contributed by atoms with Gasteiger partial charge in [0.25, 0.3) is 0 Å². The van der Waals surface area contributed by atoms with E-state index in [0.29, 0.717) is 5.56 Å². The second kappa shape index (κ2) is 4.25. The molecule has 4 heteroatoms. The van der Waals surface area contributed by atoms with Gasteiger partial charge in [0, 0.05) is 0 Å². The predicted octanol–water partition coefficient (Wildman–Crippen LogP) is 2.23. The van der Waals surface area contributed by atoms with Gasteiger partial charge in [0.1, 0.15) is 5.75 Å². The number of ketones is 1. The minimum atomic E-state index is -0.373. The van der Waals surface area contributed by atoms with Crippen LogP contribution in [0.1, 0.15) is 22.8 Å². The Morgan fingerprint density at radius 2 is 2.29 bits per heavy atom. The molecule has 0 amide bonds. The Morgan fingerprint density at radius 3 is 2.79 bits per heavy atom. The monoisotopic (exact) mass is 253 g/mol. The molecule has 3 nitrogen and oxygen atoms in total. The molecule has 0 aliphatic heterocycles. The molecule has 0 saturated heterocycles. The van der Waals surface area contributed by atoms with Crippen molar-refractivity contribution in [3.63, 3.8) is 0 Å². The van der Waals surface area contributed by atoms with Gasteiger partial charge >= 0.3 is 0 Å². The van der Waals surface area contributed by atoms with Crippen LogP contribution in [-0.4, -0.2) is 15.7 Å². The first kappa shape index (κ1) is 10.7. The molecule has 0 saturated carbocycles. The number of aromatic hydroxyl groups is 1. The summed E-state index contributed by atoms with van der Waals surface area (Å²) in [4.78, 5) is 11.1. The summed E-state index contributed by atoms with van der Waals surface area (Å²) in [6.07, 6.45) is 0. The van der Waals surface area contributed by atoms with E-state index in [9.17, 15) is 9.90 Å². The Bertz CT molecular complexity index is 407. The number of hydrogen-bond acceptors (Lipinski definition) is 3. The van der Waals surface area contributed by atoms with Gasteiger partial charge in [-0.05, 0) is 25.1 Å². The molecule has 0 heterocycles. The summed E-state index contributed by atoms with van der Waals surface area (Å²) in [5.74, 6) is -0.333. The molecule has 1 atom stereocenters. The van der Waals surface area contributed by atoms with Gasteiger partial charge in [-0.25, -0.2) is 0 Å². The van der Waals surface area contributed by atoms with Crippen LogP contribution < -0.4 is 0 Å². The molecular weight excluding hydrogens is 246 g/mol. The Hall–Kier alpha value is -1.34. The molecular formula is C10H8BrNO2. The molecule has 0 aliphatic carbocycles. The maximum absolute atomic E-state index is 11.5. The van der Waals surface area contributed by atoms with Crippen LogP contribution in [-0.2, 0) is 0 Å². The van der Waals surface area contributed by atoms with E-state index in [0.717, 1.165) is 0 Å². The lowest BCUT2D eigenvalue weighted by atomic mass is 10.1. The van der Waals surface area contributed by atoms with Crippen LogP contribution in [0.15, 0.2) is 18.2 Å². The van der Waals surface area contributed by atoms with Gasteiger partial charge in [-0.15, -0.1) is 0 Å². The summed E-state index contributed by atoms with van der Waals surface area (Å²) in [5, 5.41) is 18.0. The van der Waals surface area contributed by atoms with Crippen LogP contribution in [0.3, 0.4) is 0 Å². The van der Waals surface area contributed by atoms with Crippen LogP contribution in [0.25, 0.3) is 0 Å². The van der Waals surface area contributed by atoms with Crippen LogP contribution in [0.4, 0.5) is 0 Å². The van der Waals surface area contributed by atoms with Gasteiger partial charge < -0.3 is 5.11 Å². The maximum Gasteiger partial charge on any atom is 0.179 e. The van der Waals surface area contributed by atoms with Crippen LogP contribution in [0.5, 0.6) is 5.75 Å². The first-order valence-electron chi connectivity index (χ1n) is 3.97. The van der Waals surface area contributed by atoms with E-state index in [1.807, 2.05) is 6.07 Å². The van der Waals surface area contributed by atoms with Gasteiger partial charge in [0.15, 0.2) is 5.78 Å². The van der Waals surface area contributed by atoms with E-state index in [-0.39, 0.29) is 21.9 Å². The lowest BCUT2D eigenvalue weighted by molar-refractivity contribution is 0.0993. The maximum atomic E-state index is 11.5. The Balaban J connectivity index is 3.21. The summed E-state index contributed by atoms with van der Waals surface area (Å²) in [6, 6.07) is 6.11. The average molecular weight is 254 g/mol. The second-order valence-corrected chi connectivity index (χ2v) is 4.20. The first-order valence-corrected chi connectivity index (χ1v) is 4.89. The zero-order valence-electron chi connectivity index (χ0n) is 7.49. The third kappa shape index (κ3) is 2.12. The summed E-state index contributed by atoms with van der Waals surface area (Å²) < 4.78 is 0. The molecule has 0 fully saturated rings. The van der Waals surface area contributed by atoms with E-state index in [2.05, 4.69) is 15.9 Å². The topological polar surface area (TPSA) is 61.1 Å². The fourth-order valence-corrected chi connectivity index (χ4v) is 1.26. The highest BCUT2D eigenvalue weighted by molar-refractivity contribution is 9.10. The number of phenols is 1. The Kier molecular flexibility index (Phi) is 3.26. The zero-order valence-corrected chi connectivity index (χ0v) is 9.08. The number of carbonyl (C=O) groups is 1. The lowest BCUT2D eigenvalue weighted by Crippen LogP contribution is -2.10. The van der Waals surface area contributed by atoms with Crippen LogP contribution in [0, 0.1) is 11.3 Å². The highest BCUT2D eigenvalue weighted by Crippen LogP contribution is 2.21. The molecule has 1 unspecified atom stereocenters. The van der Waals surface area contributed by atoms with E-state index in [1.165, 1.54) is 18.2 Å². The van der Waals surface area contributed by atoms with Gasteiger partial charge in [-0.3, -0.25) is 4.79 Å². The van der Waals surface area contributed by atoms with Gasteiger partial charge in [-0.2, -0.15) is 5.26 Å². The number of rotatable bonds is 2. The van der Waals surface area contributed by atoms with Crippen molar-refractivity contribution in [2.45, 2.75) is 11.8 Å². The van der Waals surface area contributed by atoms with Gasteiger partial charge in [0.2, 0.25) is 0 Å². The van der Waals surface area contributed by atoms with Crippen molar-refractivity contribution in [2.24, 2.45) is 0 Å². The number of carbonyl (C=O) groups excluding carboxylic acids is 1. The molecule has 0 bridgehead atoms. The molecule has 72 valence electrons. The third-order valence-electron chi connectivity index (χ3n) is 1.75. The van der Waals surface area contributed by atoms with Crippen molar-refractivity contribution in [1.82, 2.24) is 0 Å². The fourth-order valence-electron chi connectivity index (χ4n) is 1.02. The summed E-state index contributed by atoms with van der Waals surface area (Å²) >= 11 is 3.11. The SMILES string of the molecule is CC(Br)C(=O)c1cc(C#N)ccc1O. The molecule has 0 radical (unpaired) electrons. The third-order valence-corrected chi connectivity index (χ3v) is 2.17. The highest BCUT2D eigenvalue weighted by atomic mass is 79.9. The predicted molar refractivity (Wildman–Crippen MR) is 55.5 cm³/mol. The molecule has 0 spiro atoms. The number of hydrogen-bond donors (Lipinski definition) is 1. The molecule has 1 N–H and O–H groups in total. The zero-order chi connectivity index (χ0) is 10.7. The summed E-state index contributed by atoms with van der Waals surface area (Å²) in [5.41, 5.74) is 0.535. The van der Waals surface area contributed by atoms with E-state index < -0.39 is 0 Å². The quantitative estimate of drug-likeness (QED) is 0.650. The minimum absolute atomic E-state index is 0.0969. The number of Topliss-reactive ketones (excluding diaryl/α,β-unsaturated/α-hetero) is 1. The number of nitrogens with zero attached hydrogens (tertiary/aromatic N) is 1. The van der Waals surface area contributed by atoms with Crippen molar-refractivity contribution in [3.05, 3.63) is 29.3 Å². The van der Waals surface area contributed by atoms with Crippen LogP contribution in [0.2, 0.25) is 0 Å². The summed E-state index contributed by atoms with van der Waals surface area (Å²) in [6.45, 7) is 1.67. The second-order valence-electron chi connectivity index (χ2n) is 2.82. The molecule has 1 rings (SSSR count). The number of nitriles is 1. The van der Waals surface area contributed by atoms with Gasteiger partial charge in [0.05, 0.1) is 22.0 Å². The normalized spacial score (nSPS) is 11.8. The fraction of sp³-hybridized carbons (Fsp3) is 0.200. The number of benzene rings is 1. The van der Waals surface area contributed by atoms with Crippen molar-refractivity contribution in [2.75, 3.05) is 0 Å². The smallest absolute Gasteiger partial charge is 0.179 e. The van der Waals surface area contributed by atoms with Gasteiger partial charge in [-0.1, -0.05) is 15.9 Å². The molecule has 0 aliphatic rings. The Labute approximate surface area is 90.1 Å². The van der Waals surface area contributed by atoms with Crippen molar-refractivity contribution in [3.8, 4) is 11.8 Å². The molecule has 1 aromatic rings. The van der Waals surface area contributed by atoms with E-state index >= 15 is 0 Å². The van der Waals surface area contributed by atoms with E-state index in [1.54, 1.807) is 6.92 Å². The first-order chi connectivity index (χ1) is 6.56. The highest BCUT2D eigenvalue weighted by Gasteiger charge is 2.16. The average Bonchev–Trinajstić information content (AvgIpc) is 2.17. The molecule has 0 aromatic heterocycles. The lowest BCUT2D eigenvalue weighted by Gasteiger charge is -2.05. The standard InChI is InChI=1S/C10H8BrNO2/c1-6(11)10(14)8-4-7(5-12)2-3-9(8)13/h2-4,6,13H,1H3. The van der Waals surface area contributed by atoms with Crippen molar-refractivity contribution in [1.29, 1.82) is 5.26 Å². The van der Waals surface area contributed by atoms with E-state index in [4.69, 9.17) is 5.26 Å². The minimum Gasteiger partial charge on any atom is -0.507 e. The number of alkyl halides is 1.